The molecule has 1 aromatic rings. The third kappa shape index (κ3) is 5.23. The molecule has 2 nitrogen and oxygen atoms in total. The predicted octanol–water partition coefficient (Wildman–Crippen LogP) is 3.08. The Kier molecular flexibility index (Phi) is 5.56. The van der Waals surface area contributed by atoms with E-state index in [9.17, 15) is 0 Å². The zero-order valence-electron chi connectivity index (χ0n) is 9.28. The molecule has 82 valence electrons. The summed E-state index contributed by atoms with van der Waals surface area (Å²) in [6, 6.07) is 10.2. The quantitative estimate of drug-likeness (QED) is 0.545. The number of benzene rings is 1. The Morgan fingerprint density at radius 3 is 2.80 bits per heavy atom. The van der Waals surface area contributed by atoms with Crippen molar-refractivity contribution in [1.29, 1.82) is 0 Å². The van der Waals surface area contributed by atoms with E-state index in [4.69, 9.17) is 4.74 Å². The van der Waals surface area contributed by atoms with Gasteiger partial charge in [0.15, 0.2) is 0 Å². The van der Waals surface area contributed by atoms with Gasteiger partial charge in [0, 0.05) is 12.2 Å². The summed E-state index contributed by atoms with van der Waals surface area (Å²) in [4.78, 5) is 0. The van der Waals surface area contributed by atoms with E-state index < -0.39 is 0 Å². The maximum atomic E-state index is 5.57. The van der Waals surface area contributed by atoms with Gasteiger partial charge in [0.1, 0.15) is 0 Å². The lowest BCUT2D eigenvalue weighted by molar-refractivity contribution is 0.0784. The van der Waals surface area contributed by atoms with Crippen LogP contribution >= 0.6 is 0 Å². The molecular weight excluding hydrogens is 186 g/mol. The molecular formula is C13H19NO. The van der Waals surface area contributed by atoms with E-state index in [0.29, 0.717) is 0 Å². The summed E-state index contributed by atoms with van der Waals surface area (Å²) in [5.74, 6) is 0. The molecule has 0 aliphatic heterocycles. The molecule has 1 N–H and O–H groups in total. The van der Waals surface area contributed by atoms with Crippen LogP contribution in [0.2, 0.25) is 0 Å². The first-order valence-electron chi connectivity index (χ1n) is 5.34. The fourth-order valence-corrected chi connectivity index (χ4v) is 1.23. The largest absolute Gasteiger partial charge is 0.382 e. The molecule has 0 aliphatic rings. The lowest BCUT2D eigenvalue weighted by atomic mass is 10.3. The lowest BCUT2D eigenvalue weighted by Crippen LogP contribution is -2.20. The van der Waals surface area contributed by atoms with Crippen LogP contribution in [0.15, 0.2) is 43.0 Å². The SMILES string of the molecule is C=CCCOC(C)CNc1ccccc1. The van der Waals surface area contributed by atoms with Crippen LogP contribution in [0.4, 0.5) is 5.69 Å². The van der Waals surface area contributed by atoms with Gasteiger partial charge in [0.05, 0.1) is 12.7 Å². The van der Waals surface area contributed by atoms with Gasteiger partial charge in [-0.2, -0.15) is 0 Å². The van der Waals surface area contributed by atoms with Gasteiger partial charge in [-0.1, -0.05) is 24.3 Å². The van der Waals surface area contributed by atoms with E-state index in [1.54, 1.807) is 0 Å². The summed E-state index contributed by atoms with van der Waals surface area (Å²) in [6.45, 7) is 7.31. The minimum Gasteiger partial charge on any atom is -0.382 e. The normalized spacial score (nSPS) is 12.1. The number of nitrogens with one attached hydrogen (secondary N) is 1. The number of hydrogen-bond acceptors (Lipinski definition) is 2. The van der Waals surface area contributed by atoms with Gasteiger partial charge >= 0.3 is 0 Å². The van der Waals surface area contributed by atoms with Crippen LogP contribution in [0.25, 0.3) is 0 Å². The standard InChI is InChI=1S/C13H19NO/c1-3-4-10-15-12(2)11-14-13-8-6-5-7-9-13/h3,5-9,12,14H,1,4,10-11H2,2H3. The van der Waals surface area contributed by atoms with Crippen molar-refractivity contribution in [3.8, 4) is 0 Å². The average Bonchev–Trinajstić information content (AvgIpc) is 2.28. The highest BCUT2D eigenvalue weighted by Gasteiger charge is 2.00. The Morgan fingerprint density at radius 1 is 1.40 bits per heavy atom. The highest BCUT2D eigenvalue weighted by molar-refractivity contribution is 5.42. The van der Waals surface area contributed by atoms with Gasteiger partial charge < -0.3 is 10.1 Å². The predicted molar refractivity (Wildman–Crippen MR) is 65.2 cm³/mol. The first kappa shape index (κ1) is 11.8. The number of anilines is 1. The van der Waals surface area contributed by atoms with Gasteiger partial charge in [-0.05, 0) is 25.5 Å². The molecule has 1 rings (SSSR count). The lowest BCUT2D eigenvalue weighted by Gasteiger charge is -2.14. The third-order valence-electron chi connectivity index (χ3n) is 2.09. The second-order valence-electron chi connectivity index (χ2n) is 3.51. The van der Waals surface area contributed by atoms with Crippen molar-refractivity contribution in [2.24, 2.45) is 0 Å². The molecule has 15 heavy (non-hydrogen) atoms. The van der Waals surface area contributed by atoms with E-state index in [1.165, 1.54) is 0 Å². The summed E-state index contributed by atoms with van der Waals surface area (Å²) in [5, 5.41) is 3.32. The Morgan fingerprint density at radius 2 is 2.13 bits per heavy atom. The Bertz CT molecular complexity index is 271. The van der Waals surface area contributed by atoms with Crippen LogP contribution in [0.1, 0.15) is 13.3 Å². The van der Waals surface area contributed by atoms with Crippen molar-refractivity contribution in [2.45, 2.75) is 19.4 Å². The van der Waals surface area contributed by atoms with Crippen molar-refractivity contribution in [2.75, 3.05) is 18.5 Å². The first-order chi connectivity index (χ1) is 7.33. The highest BCUT2D eigenvalue weighted by Crippen LogP contribution is 2.05. The Balaban J connectivity index is 2.16. The minimum atomic E-state index is 0.227. The fourth-order valence-electron chi connectivity index (χ4n) is 1.23. The summed E-state index contributed by atoms with van der Waals surface area (Å²) in [5.41, 5.74) is 1.14. The van der Waals surface area contributed by atoms with Crippen LogP contribution in [0.3, 0.4) is 0 Å². The van der Waals surface area contributed by atoms with E-state index in [2.05, 4.69) is 31.0 Å². The van der Waals surface area contributed by atoms with Crippen molar-refractivity contribution in [1.82, 2.24) is 0 Å². The van der Waals surface area contributed by atoms with Crippen molar-refractivity contribution >= 4 is 5.69 Å². The maximum Gasteiger partial charge on any atom is 0.0719 e. The summed E-state index contributed by atoms with van der Waals surface area (Å²) in [6.07, 6.45) is 3.01. The summed E-state index contributed by atoms with van der Waals surface area (Å²) < 4.78 is 5.57. The highest BCUT2D eigenvalue weighted by atomic mass is 16.5. The molecule has 0 fully saturated rings. The van der Waals surface area contributed by atoms with E-state index >= 15 is 0 Å². The third-order valence-corrected chi connectivity index (χ3v) is 2.09. The average molecular weight is 205 g/mol. The van der Waals surface area contributed by atoms with Gasteiger partial charge in [-0.3, -0.25) is 0 Å². The molecule has 0 spiro atoms. The monoisotopic (exact) mass is 205 g/mol. The molecule has 1 unspecified atom stereocenters. The summed E-state index contributed by atoms with van der Waals surface area (Å²) in [7, 11) is 0. The van der Waals surface area contributed by atoms with Crippen LogP contribution in [-0.4, -0.2) is 19.3 Å². The van der Waals surface area contributed by atoms with Gasteiger partial charge in [-0.25, -0.2) is 0 Å². The molecule has 0 aliphatic carbocycles. The fraction of sp³-hybridized carbons (Fsp3) is 0.385. The van der Waals surface area contributed by atoms with E-state index in [0.717, 1.165) is 25.3 Å². The smallest absolute Gasteiger partial charge is 0.0719 e. The van der Waals surface area contributed by atoms with Crippen LogP contribution in [-0.2, 0) is 4.74 Å². The van der Waals surface area contributed by atoms with E-state index in [-0.39, 0.29) is 6.10 Å². The molecule has 1 aromatic carbocycles. The second-order valence-corrected chi connectivity index (χ2v) is 3.51. The van der Waals surface area contributed by atoms with Crippen LogP contribution < -0.4 is 5.32 Å². The van der Waals surface area contributed by atoms with Gasteiger partial charge in [0.25, 0.3) is 0 Å². The molecule has 0 aromatic heterocycles. The molecule has 0 radical (unpaired) electrons. The van der Waals surface area contributed by atoms with Crippen LogP contribution in [0.5, 0.6) is 0 Å². The first-order valence-corrected chi connectivity index (χ1v) is 5.34. The molecule has 2 heteroatoms. The summed E-state index contributed by atoms with van der Waals surface area (Å²) >= 11 is 0. The van der Waals surface area contributed by atoms with Crippen molar-refractivity contribution < 1.29 is 4.74 Å². The second kappa shape index (κ2) is 7.07. The van der Waals surface area contributed by atoms with Crippen molar-refractivity contribution in [3.05, 3.63) is 43.0 Å². The topological polar surface area (TPSA) is 21.3 Å². The zero-order chi connectivity index (χ0) is 10.9. The van der Waals surface area contributed by atoms with E-state index in [1.807, 2.05) is 24.3 Å². The molecule has 0 saturated carbocycles. The van der Waals surface area contributed by atoms with Crippen LogP contribution in [0, 0.1) is 0 Å². The Hall–Kier alpha value is -1.28. The molecule has 0 amide bonds. The molecule has 0 heterocycles. The number of hydrogen-bond donors (Lipinski definition) is 1. The Labute approximate surface area is 92.0 Å². The maximum absolute atomic E-state index is 5.57. The van der Waals surface area contributed by atoms with Gasteiger partial charge in [-0.15, -0.1) is 6.58 Å². The number of ether oxygens (including phenoxy) is 1. The minimum absolute atomic E-state index is 0.227. The zero-order valence-corrected chi connectivity index (χ0v) is 9.28. The number of rotatable bonds is 7. The molecule has 0 saturated heterocycles. The molecule has 1 atom stereocenters. The molecule has 0 bridgehead atoms. The van der Waals surface area contributed by atoms with Gasteiger partial charge in [0.2, 0.25) is 0 Å². The number of para-hydroxylation sites is 1. The van der Waals surface area contributed by atoms with Crippen molar-refractivity contribution in [3.63, 3.8) is 0 Å².